The molecule has 0 saturated carbocycles. The number of hydrogen-bond donors (Lipinski definition) is 0. The molecule has 0 bridgehead atoms. The maximum atomic E-state index is 2.30. The molecule has 1 aliphatic rings. The van der Waals surface area contributed by atoms with Crippen molar-refractivity contribution in [2.75, 3.05) is 0 Å². The molecule has 0 radical (unpaired) electrons. The summed E-state index contributed by atoms with van der Waals surface area (Å²) in [6.07, 6.45) is 8.95. The van der Waals surface area contributed by atoms with Gasteiger partial charge in [0.2, 0.25) is 0 Å². The van der Waals surface area contributed by atoms with Gasteiger partial charge in [-0.3, -0.25) is 0 Å². The number of allylic oxidation sites excluding steroid dienone is 4. The second-order valence-corrected chi connectivity index (χ2v) is 4.20. The van der Waals surface area contributed by atoms with Gasteiger partial charge in [0.1, 0.15) is 0 Å². The molecule has 13 heavy (non-hydrogen) atoms. The Balaban J connectivity index is 2.02. The average molecular weight is 188 g/mol. The molecule has 1 heteroatoms. The standard InChI is InChI=1S/C12H12S/c1-3-7-11(8-4-1)13-12-9-5-2-6-10-12/h1-5,7-8,10H,6,9H2. The Bertz CT molecular complexity index is 322. The summed E-state index contributed by atoms with van der Waals surface area (Å²) in [5.41, 5.74) is 0. The highest BCUT2D eigenvalue weighted by Crippen LogP contribution is 2.30. The molecular weight excluding hydrogens is 176 g/mol. The predicted octanol–water partition coefficient (Wildman–Crippen LogP) is 4.01. The van der Waals surface area contributed by atoms with Crippen LogP contribution in [0.2, 0.25) is 0 Å². The highest BCUT2D eigenvalue weighted by Gasteiger charge is 2.00. The van der Waals surface area contributed by atoms with Crippen molar-refractivity contribution < 1.29 is 0 Å². The summed E-state index contributed by atoms with van der Waals surface area (Å²) in [6, 6.07) is 10.5. The van der Waals surface area contributed by atoms with Crippen LogP contribution < -0.4 is 0 Å². The van der Waals surface area contributed by atoms with Crippen LogP contribution in [0.5, 0.6) is 0 Å². The second kappa shape index (κ2) is 4.33. The quantitative estimate of drug-likeness (QED) is 0.632. The largest absolute Gasteiger partial charge is 0.0946 e. The van der Waals surface area contributed by atoms with E-state index in [1.807, 2.05) is 11.8 Å². The molecule has 0 amide bonds. The summed E-state index contributed by atoms with van der Waals surface area (Å²) in [6.45, 7) is 0. The average Bonchev–Trinajstić information content (AvgIpc) is 2.21. The lowest BCUT2D eigenvalue weighted by atomic mass is 10.2. The van der Waals surface area contributed by atoms with E-state index in [0.29, 0.717) is 0 Å². The van der Waals surface area contributed by atoms with Gasteiger partial charge >= 0.3 is 0 Å². The first kappa shape index (κ1) is 8.64. The van der Waals surface area contributed by atoms with Crippen molar-refractivity contribution >= 4 is 11.8 Å². The molecule has 1 aliphatic carbocycles. The van der Waals surface area contributed by atoms with E-state index in [2.05, 4.69) is 48.6 Å². The van der Waals surface area contributed by atoms with Crippen LogP contribution in [0.4, 0.5) is 0 Å². The fourth-order valence-corrected chi connectivity index (χ4v) is 2.26. The lowest BCUT2D eigenvalue weighted by Gasteiger charge is -2.07. The van der Waals surface area contributed by atoms with Gasteiger partial charge in [-0.2, -0.15) is 0 Å². The summed E-state index contributed by atoms with van der Waals surface area (Å²) in [4.78, 5) is 2.80. The van der Waals surface area contributed by atoms with Crippen molar-refractivity contribution in [3.05, 3.63) is 53.5 Å². The van der Waals surface area contributed by atoms with Crippen molar-refractivity contribution in [2.24, 2.45) is 0 Å². The van der Waals surface area contributed by atoms with Crippen LogP contribution in [0.3, 0.4) is 0 Å². The molecule has 0 aromatic heterocycles. The molecule has 0 unspecified atom stereocenters. The molecule has 0 aliphatic heterocycles. The van der Waals surface area contributed by atoms with E-state index in [1.165, 1.54) is 9.80 Å². The van der Waals surface area contributed by atoms with Crippen LogP contribution in [0.25, 0.3) is 0 Å². The minimum atomic E-state index is 1.09. The lowest BCUT2D eigenvalue weighted by Crippen LogP contribution is -1.81. The number of hydrogen-bond acceptors (Lipinski definition) is 1. The molecule has 0 fully saturated rings. The first-order valence-corrected chi connectivity index (χ1v) is 5.34. The Labute approximate surface area is 83.4 Å². The highest BCUT2D eigenvalue weighted by molar-refractivity contribution is 8.03. The van der Waals surface area contributed by atoms with Crippen molar-refractivity contribution in [1.82, 2.24) is 0 Å². The fourth-order valence-electron chi connectivity index (χ4n) is 1.30. The SMILES string of the molecule is C1=CCC(Sc2ccccc2)=CC1. The number of benzene rings is 1. The Morgan fingerprint density at radius 2 is 1.85 bits per heavy atom. The van der Waals surface area contributed by atoms with E-state index >= 15 is 0 Å². The third-order valence-electron chi connectivity index (χ3n) is 1.96. The van der Waals surface area contributed by atoms with E-state index in [0.717, 1.165) is 12.8 Å². The third-order valence-corrected chi connectivity index (χ3v) is 3.06. The molecule has 0 N–H and O–H groups in total. The Hall–Kier alpha value is -0.950. The van der Waals surface area contributed by atoms with Crippen LogP contribution in [0.15, 0.2) is 58.4 Å². The van der Waals surface area contributed by atoms with Crippen molar-refractivity contribution in [3.63, 3.8) is 0 Å². The Morgan fingerprint density at radius 3 is 2.54 bits per heavy atom. The van der Waals surface area contributed by atoms with Crippen LogP contribution in [-0.2, 0) is 0 Å². The topological polar surface area (TPSA) is 0 Å². The zero-order valence-corrected chi connectivity index (χ0v) is 8.26. The highest BCUT2D eigenvalue weighted by atomic mass is 32.2. The summed E-state index contributed by atoms with van der Waals surface area (Å²) in [5.74, 6) is 0. The number of thioether (sulfide) groups is 1. The van der Waals surface area contributed by atoms with Gasteiger partial charge in [-0.15, -0.1) is 0 Å². The predicted molar refractivity (Wildman–Crippen MR) is 58.8 cm³/mol. The molecule has 1 aromatic carbocycles. The molecule has 0 heterocycles. The maximum absolute atomic E-state index is 2.30. The molecule has 1 aromatic rings. The fraction of sp³-hybridized carbons (Fsp3) is 0.167. The number of rotatable bonds is 2. The molecule has 0 nitrogen and oxygen atoms in total. The first-order chi connectivity index (χ1) is 6.45. The summed E-state index contributed by atoms with van der Waals surface area (Å²) >= 11 is 1.87. The van der Waals surface area contributed by atoms with E-state index < -0.39 is 0 Å². The van der Waals surface area contributed by atoms with Gasteiger partial charge in [0.05, 0.1) is 0 Å². The van der Waals surface area contributed by atoms with Gasteiger partial charge in [-0.05, 0) is 29.9 Å². The first-order valence-electron chi connectivity index (χ1n) is 4.52. The van der Waals surface area contributed by atoms with Gasteiger partial charge in [-0.25, -0.2) is 0 Å². The maximum Gasteiger partial charge on any atom is 0.0119 e. The van der Waals surface area contributed by atoms with Gasteiger partial charge in [-0.1, -0.05) is 48.2 Å². The van der Waals surface area contributed by atoms with Crippen LogP contribution in [0, 0.1) is 0 Å². The summed E-state index contributed by atoms with van der Waals surface area (Å²) in [5, 5.41) is 0. The monoisotopic (exact) mass is 188 g/mol. The van der Waals surface area contributed by atoms with E-state index in [9.17, 15) is 0 Å². The summed E-state index contributed by atoms with van der Waals surface area (Å²) < 4.78 is 0. The van der Waals surface area contributed by atoms with Crippen LogP contribution in [-0.4, -0.2) is 0 Å². The van der Waals surface area contributed by atoms with Crippen LogP contribution in [0.1, 0.15) is 12.8 Å². The lowest BCUT2D eigenvalue weighted by molar-refractivity contribution is 1.21. The van der Waals surface area contributed by atoms with Gasteiger partial charge < -0.3 is 0 Å². The van der Waals surface area contributed by atoms with Gasteiger partial charge in [0.15, 0.2) is 0 Å². The molecule has 0 spiro atoms. The second-order valence-electron chi connectivity index (χ2n) is 3.00. The van der Waals surface area contributed by atoms with Gasteiger partial charge in [0, 0.05) is 4.90 Å². The van der Waals surface area contributed by atoms with Crippen LogP contribution >= 0.6 is 11.8 Å². The Kier molecular flexibility index (Phi) is 2.88. The minimum absolute atomic E-state index is 1.09. The summed E-state index contributed by atoms with van der Waals surface area (Å²) in [7, 11) is 0. The zero-order chi connectivity index (χ0) is 8.93. The third kappa shape index (κ3) is 2.49. The van der Waals surface area contributed by atoms with Gasteiger partial charge in [0.25, 0.3) is 0 Å². The molecule has 0 atom stereocenters. The van der Waals surface area contributed by atoms with E-state index in [4.69, 9.17) is 0 Å². The normalized spacial score (nSPS) is 15.5. The zero-order valence-electron chi connectivity index (χ0n) is 7.44. The molecule has 0 saturated heterocycles. The van der Waals surface area contributed by atoms with Crippen molar-refractivity contribution in [2.45, 2.75) is 17.7 Å². The minimum Gasteiger partial charge on any atom is -0.0946 e. The Morgan fingerprint density at radius 1 is 1.00 bits per heavy atom. The van der Waals surface area contributed by atoms with Crippen molar-refractivity contribution in [1.29, 1.82) is 0 Å². The van der Waals surface area contributed by atoms with E-state index in [-0.39, 0.29) is 0 Å². The van der Waals surface area contributed by atoms with Crippen molar-refractivity contribution in [3.8, 4) is 0 Å². The van der Waals surface area contributed by atoms with E-state index in [1.54, 1.807) is 0 Å². The smallest absolute Gasteiger partial charge is 0.0119 e. The molecule has 2 rings (SSSR count). The molecule has 66 valence electrons. The molecular formula is C12H12S.